The zero-order chi connectivity index (χ0) is 88.3. The molecule has 0 aliphatic heterocycles. The summed E-state index contributed by atoms with van der Waals surface area (Å²) in [7, 11) is 0. The maximum absolute atomic E-state index is 10.4. The van der Waals surface area contributed by atoms with E-state index in [1.165, 1.54) is 0 Å². The van der Waals surface area contributed by atoms with E-state index in [1.807, 2.05) is 24.3 Å². The van der Waals surface area contributed by atoms with Crippen molar-refractivity contribution in [1.29, 1.82) is 0 Å². The molecule has 0 bridgehead atoms. The van der Waals surface area contributed by atoms with Gasteiger partial charge in [0.25, 0.3) is 68.2 Å². The summed E-state index contributed by atoms with van der Waals surface area (Å²) in [5.41, 5.74) is -7.66. The third-order valence-electron chi connectivity index (χ3n) is 14.0. The van der Waals surface area contributed by atoms with Crippen LogP contribution in [-0.2, 0) is 0 Å². The van der Waals surface area contributed by atoms with Gasteiger partial charge in [0.05, 0.1) is 153 Å². The van der Waals surface area contributed by atoms with E-state index < -0.39 is 197 Å². The largest absolute Gasteiger partial charge is 3.00 e. The van der Waals surface area contributed by atoms with Gasteiger partial charge >= 0.3 is 77.2 Å². The van der Waals surface area contributed by atoms with Gasteiger partial charge in [-0.1, -0.05) is 48.5 Å². The molecular formula is C66H34N16O36Tb2. The monoisotopic (exact) mass is 1940 g/mol. The van der Waals surface area contributed by atoms with Crippen molar-refractivity contribution < 1.29 is 196 Å². The summed E-state index contributed by atoms with van der Waals surface area (Å²) in [5, 5.41) is 191. The van der Waals surface area contributed by atoms with Crippen LogP contribution in [0.2, 0.25) is 0 Å². The van der Waals surface area contributed by atoms with Crippen LogP contribution in [0.5, 0.6) is 0 Å². The fourth-order valence-corrected chi connectivity index (χ4v) is 8.90. The molecule has 0 aliphatic carbocycles. The van der Waals surface area contributed by atoms with E-state index in [9.17, 15) is 181 Å². The quantitative estimate of drug-likeness (QED) is 0.0634. The molecule has 0 atom stereocenters. The van der Waals surface area contributed by atoms with Crippen LogP contribution in [-0.4, -0.2) is 115 Å². The summed E-state index contributed by atoms with van der Waals surface area (Å²) < 4.78 is 0. The molecule has 0 saturated heterocycles. The van der Waals surface area contributed by atoms with E-state index in [1.54, 1.807) is 24.8 Å². The normalized spacial score (nSPS) is 9.73. The van der Waals surface area contributed by atoms with E-state index in [0.717, 1.165) is 43.6 Å². The third-order valence-corrected chi connectivity index (χ3v) is 14.0. The molecule has 0 fully saturated rings. The smallest absolute Gasteiger partial charge is 0.545 e. The number of hydrogen-bond donors (Lipinski definition) is 0. The molecule has 12 aromatic rings. The number of carboxylic acids is 6. The molecule has 52 nitrogen and oxygen atoms in total. The summed E-state index contributed by atoms with van der Waals surface area (Å²) in [6, 6.07) is 36.7. The Morgan fingerprint density at radius 3 is 0.392 bits per heavy atom. The van der Waals surface area contributed by atoms with E-state index in [2.05, 4.69) is 68.5 Å². The molecule has 12 rings (SSSR count). The second-order valence-corrected chi connectivity index (χ2v) is 21.7. The second kappa shape index (κ2) is 44.9. The van der Waals surface area contributed by atoms with Gasteiger partial charge in [-0.3, -0.25) is 141 Å². The number of pyridine rings is 4. The summed E-state index contributed by atoms with van der Waals surface area (Å²) in [6.07, 6.45) is 7.21. The van der Waals surface area contributed by atoms with Crippen LogP contribution >= 0.6 is 0 Å². The van der Waals surface area contributed by atoms with Crippen LogP contribution in [0.25, 0.3) is 43.6 Å². The first-order valence-electron chi connectivity index (χ1n) is 30.5. The standard InChI is InChI=1S/2C12H8N2.6C7H4N2O6.2Tb/c2*1-3-9-5-6-10-4-2-8-14-12(10)11(9)13-7-1;6*10-7(11)4-1-5(8(12)13)3-6(2-4)9(14)15;;/h2*1-8H;6*1-3H,(H,10,11);;/q;;;;;;;;2*+3/p-6. The Balaban J connectivity index is 0.000000354. The van der Waals surface area contributed by atoms with Crippen molar-refractivity contribution >= 4 is 148 Å². The fraction of sp³-hybridized carbons (Fsp3) is 0. The predicted octanol–water partition coefficient (Wildman–Crippen LogP) is 4.77. The first-order chi connectivity index (χ1) is 55.4. The number of carbonyl (C=O) groups is 6. The average Bonchev–Trinajstić information content (AvgIpc) is 0.796. The Bertz CT molecular complexity index is 4810. The Labute approximate surface area is 719 Å². The number of carbonyl (C=O) groups excluding carboxylic acids is 6. The Kier molecular flexibility index (Phi) is 36.6. The predicted molar refractivity (Wildman–Crippen MR) is 379 cm³/mol. The molecule has 0 saturated carbocycles. The topological polar surface area (TPSA) is 810 Å². The van der Waals surface area contributed by atoms with Gasteiger partial charge in [-0.05, 0) is 24.3 Å². The van der Waals surface area contributed by atoms with Crippen molar-refractivity contribution in [3.05, 3.63) is 362 Å². The van der Waals surface area contributed by atoms with Crippen LogP contribution in [0, 0.1) is 199 Å². The number of aromatic carboxylic acids is 6. The zero-order valence-corrected chi connectivity index (χ0v) is 62.4. The van der Waals surface area contributed by atoms with Crippen molar-refractivity contribution in [2.75, 3.05) is 0 Å². The zero-order valence-electron chi connectivity index (χ0n) is 58.1. The number of carboxylic acid groups (broad SMARTS) is 6. The summed E-state index contributed by atoms with van der Waals surface area (Å²) >= 11 is 0. The molecule has 54 heteroatoms. The molecule has 0 unspecified atom stereocenters. The maximum Gasteiger partial charge on any atom is 3.00 e. The average molecular weight is 1940 g/mol. The summed E-state index contributed by atoms with van der Waals surface area (Å²) in [5.74, 6) is -10.2. The minimum Gasteiger partial charge on any atom is -0.545 e. The van der Waals surface area contributed by atoms with Crippen LogP contribution in [0.15, 0.2) is 207 Å². The Morgan fingerprint density at radius 2 is 0.300 bits per heavy atom. The molecule has 120 heavy (non-hydrogen) atoms. The molecular weight excluding hydrogens is 1910 g/mol. The van der Waals surface area contributed by atoms with Gasteiger partial charge in [-0.2, -0.15) is 0 Å². The first kappa shape index (κ1) is 97.8. The summed E-state index contributed by atoms with van der Waals surface area (Å²) in [4.78, 5) is 193. The molecule has 8 aromatic carbocycles. The summed E-state index contributed by atoms with van der Waals surface area (Å²) in [6.45, 7) is 0. The van der Waals surface area contributed by atoms with Gasteiger partial charge in [0.2, 0.25) is 0 Å². The number of fused-ring (bicyclic) bond motifs is 6. The molecule has 612 valence electrons. The van der Waals surface area contributed by atoms with E-state index in [-0.39, 0.29) is 77.2 Å². The number of non-ortho nitro benzene ring substituents is 12. The number of benzene rings is 8. The van der Waals surface area contributed by atoms with Gasteiger partial charge in [0.1, 0.15) is 0 Å². The van der Waals surface area contributed by atoms with E-state index in [0.29, 0.717) is 109 Å². The SMILES string of the molecule is O=C([O-])c1cc([N+](=O)[O-])cc([N+](=O)[O-])c1.O=C([O-])c1cc([N+](=O)[O-])cc([N+](=O)[O-])c1.O=C([O-])c1cc([N+](=O)[O-])cc([N+](=O)[O-])c1.O=C([O-])c1cc([N+](=O)[O-])cc([N+](=O)[O-])c1.O=C([O-])c1cc([N+](=O)[O-])cc([N+](=O)[O-])c1.O=C([O-])c1cc([N+](=O)[O-])cc([N+](=O)[O-])c1.[Tb+3].[Tb+3].c1cnc2c(c1)ccc1cccnc12.c1cnc2c(c1)ccc1cccnc12. The number of nitrogens with zero attached hydrogens (tertiary/aromatic N) is 16. The second-order valence-electron chi connectivity index (χ2n) is 21.7. The number of nitro groups is 12. The Hall–Kier alpha value is -16.4. The van der Waals surface area contributed by atoms with Gasteiger partial charge in [0.15, 0.2) is 0 Å². The van der Waals surface area contributed by atoms with Crippen LogP contribution in [0.4, 0.5) is 68.2 Å². The molecule has 0 radical (unpaired) electrons. The molecule has 4 heterocycles. The molecule has 4 aromatic heterocycles. The number of nitro benzene ring substituents is 12. The van der Waals surface area contributed by atoms with E-state index >= 15 is 0 Å². The van der Waals surface area contributed by atoms with Crippen LogP contribution in [0.3, 0.4) is 0 Å². The molecule has 0 amide bonds. The van der Waals surface area contributed by atoms with Crippen LogP contribution < -0.4 is 30.6 Å². The van der Waals surface area contributed by atoms with Crippen molar-refractivity contribution in [1.82, 2.24) is 19.9 Å². The van der Waals surface area contributed by atoms with Gasteiger partial charge in [-0.25, -0.2) is 0 Å². The van der Waals surface area contributed by atoms with Crippen molar-refractivity contribution in [3.8, 4) is 0 Å². The third kappa shape index (κ3) is 28.6. The minimum absolute atomic E-state index is 0. The maximum atomic E-state index is 10.4. The number of aromatic nitrogens is 4. The first-order valence-corrected chi connectivity index (χ1v) is 30.5. The Morgan fingerprint density at radius 1 is 0.192 bits per heavy atom. The van der Waals surface area contributed by atoms with Gasteiger partial charge in [-0.15, -0.1) is 0 Å². The van der Waals surface area contributed by atoms with Crippen LogP contribution in [0.1, 0.15) is 62.1 Å². The van der Waals surface area contributed by atoms with Crippen molar-refractivity contribution in [2.45, 2.75) is 0 Å². The fourth-order valence-electron chi connectivity index (χ4n) is 8.90. The molecule has 0 N–H and O–H groups in total. The van der Waals surface area contributed by atoms with Gasteiger partial charge < -0.3 is 59.4 Å². The van der Waals surface area contributed by atoms with Crippen molar-refractivity contribution in [2.24, 2.45) is 0 Å². The number of rotatable bonds is 18. The molecule has 0 spiro atoms. The van der Waals surface area contributed by atoms with E-state index in [4.69, 9.17) is 0 Å². The number of hydrogen-bond acceptors (Lipinski definition) is 40. The van der Waals surface area contributed by atoms with Crippen molar-refractivity contribution in [3.63, 3.8) is 0 Å². The minimum atomic E-state index is -1.71. The molecule has 0 aliphatic rings. The van der Waals surface area contributed by atoms with Gasteiger partial charge in [0, 0.05) is 153 Å².